The van der Waals surface area contributed by atoms with Gasteiger partial charge < -0.3 is 20.4 Å². The van der Waals surface area contributed by atoms with Crippen LogP contribution in [0, 0.1) is 19.3 Å². The first-order valence-electron chi connectivity index (χ1n) is 11.7. The Labute approximate surface area is 194 Å². The van der Waals surface area contributed by atoms with Crippen LogP contribution in [0.4, 0.5) is 11.4 Å². The van der Waals surface area contributed by atoms with Gasteiger partial charge in [0.15, 0.2) is 0 Å². The van der Waals surface area contributed by atoms with Gasteiger partial charge in [0.2, 0.25) is 0 Å². The lowest BCUT2D eigenvalue weighted by Crippen LogP contribution is -2.46. The lowest BCUT2D eigenvalue weighted by molar-refractivity contribution is 0.102. The number of aryl methyl sites for hydroxylation is 2. The number of rotatable bonds is 8. The Kier molecular flexibility index (Phi) is 7.96. The van der Waals surface area contributed by atoms with Gasteiger partial charge in [0.05, 0.1) is 0 Å². The summed E-state index contributed by atoms with van der Waals surface area (Å²) in [7, 11) is 4.28. The molecule has 5 heteroatoms. The van der Waals surface area contributed by atoms with Crippen LogP contribution in [0.25, 0.3) is 0 Å². The van der Waals surface area contributed by atoms with Crippen molar-refractivity contribution >= 4 is 17.3 Å². The van der Waals surface area contributed by atoms with E-state index in [-0.39, 0.29) is 11.3 Å². The van der Waals surface area contributed by atoms with Crippen molar-refractivity contribution in [1.82, 2.24) is 10.2 Å². The third-order valence-corrected chi connectivity index (χ3v) is 6.23. The van der Waals surface area contributed by atoms with Gasteiger partial charge in [-0.2, -0.15) is 0 Å². The molecule has 5 nitrogen and oxygen atoms in total. The minimum atomic E-state index is -0.0562. The molecule has 32 heavy (non-hydrogen) atoms. The Morgan fingerprint density at radius 1 is 1.06 bits per heavy atom. The van der Waals surface area contributed by atoms with E-state index in [1.54, 1.807) is 0 Å². The Hall–Kier alpha value is -2.37. The van der Waals surface area contributed by atoms with E-state index < -0.39 is 0 Å². The van der Waals surface area contributed by atoms with Gasteiger partial charge in [-0.25, -0.2) is 0 Å². The van der Waals surface area contributed by atoms with E-state index in [1.165, 1.54) is 11.3 Å². The number of piperidine rings is 1. The number of nitrogens with zero attached hydrogens (tertiary/aromatic N) is 2. The van der Waals surface area contributed by atoms with Crippen molar-refractivity contribution in [3.05, 3.63) is 59.2 Å². The molecule has 2 N–H and O–H groups in total. The van der Waals surface area contributed by atoms with Crippen molar-refractivity contribution in [1.29, 1.82) is 0 Å². The van der Waals surface area contributed by atoms with Crippen LogP contribution >= 0.6 is 0 Å². The van der Waals surface area contributed by atoms with Gasteiger partial charge in [0.1, 0.15) is 0 Å². The van der Waals surface area contributed by atoms with E-state index in [9.17, 15) is 4.79 Å². The molecule has 2 aromatic carbocycles. The molecule has 0 aromatic heterocycles. The lowest BCUT2D eigenvalue weighted by atomic mass is 9.92. The van der Waals surface area contributed by atoms with Crippen molar-refractivity contribution in [2.24, 2.45) is 5.41 Å². The van der Waals surface area contributed by atoms with Crippen LogP contribution in [0.2, 0.25) is 0 Å². The molecule has 0 saturated carbocycles. The highest BCUT2D eigenvalue weighted by Gasteiger charge is 2.23. The fraction of sp³-hybridized carbons (Fsp3) is 0.519. The largest absolute Gasteiger partial charge is 0.371 e. The second-order valence-corrected chi connectivity index (χ2v) is 10.4. The van der Waals surface area contributed by atoms with E-state index in [1.807, 2.05) is 44.2 Å². The lowest BCUT2D eigenvalue weighted by Gasteiger charge is -2.36. The molecule has 1 fully saturated rings. The Morgan fingerprint density at radius 2 is 1.72 bits per heavy atom. The maximum absolute atomic E-state index is 12.6. The molecule has 0 aliphatic carbocycles. The molecule has 1 heterocycles. The molecule has 0 bridgehead atoms. The van der Waals surface area contributed by atoms with Crippen LogP contribution in [-0.4, -0.2) is 57.1 Å². The first-order valence-corrected chi connectivity index (χ1v) is 11.7. The van der Waals surface area contributed by atoms with Gasteiger partial charge in [-0.15, -0.1) is 0 Å². The standard InChI is InChI=1S/C27H40N4O/c1-20-7-12-25(21(2)17-20)26(32)29-23-8-10-24(11-9-23)31-15-13-22(14-16-31)28-18-27(3,4)19-30(5)6/h7-12,17,22,28H,13-16,18-19H2,1-6H3,(H,29,32). The molecular formula is C27H40N4O. The highest BCUT2D eigenvalue weighted by Crippen LogP contribution is 2.23. The van der Waals surface area contributed by atoms with Crippen molar-refractivity contribution in [3.63, 3.8) is 0 Å². The summed E-state index contributed by atoms with van der Waals surface area (Å²) in [4.78, 5) is 17.3. The number of anilines is 2. The number of hydrogen-bond donors (Lipinski definition) is 2. The van der Waals surface area contributed by atoms with E-state index in [0.717, 1.165) is 55.8 Å². The van der Waals surface area contributed by atoms with Gasteiger partial charge in [0, 0.05) is 49.2 Å². The zero-order chi connectivity index (χ0) is 23.3. The Balaban J connectivity index is 1.49. The molecular weight excluding hydrogens is 396 g/mol. The van der Waals surface area contributed by atoms with E-state index in [0.29, 0.717) is 6.04 Å². The molecule has 1 saturated heterocycles. The summed E-state index contributed by atoms with van der Waals surface area (Å²) in [5, 5.41) is 6.82. The summed E-state index contributed by atoms with van der Waals surface area (Å²) >= 11 is 0. The fourth-order valence-electron chi connectivity index (χ4n) is 4.70. The molecule has 0 atom stereocenters. The second kappa shape index (κ2) is 10.5. The normalized spacial score (nSPS) is 15.3. The van der Waals surface area contributed by atoms with E-state index in [4.69, 9.17) is 0 Å². The highest BCUT2D eigenvalue weighted by atomic mass is 16.1. The average Bonchev–Trinajstić information content (AvgIpc) is 2.72. The molecule has 1 aliphatic heterocycles. The molecule has 3 rings (SSSR count). The number of benzene rings is 2. The van der Waals surface area contributed by atoms with Crippen molar-refractivity contribution in [2.45, 2.75) is 46.6 Å². The maximum atomic E-state index is 12.6. The third-order valence-electron chi connectivity index (χ3n) is 6.23. The van der Waals surface area contributed by atoms with E-state index in [2.05, 4.69) is 60.5 Å². The number of carbonyl (C=O) groups excluding carboxylic acids is 1. The van der Waals surface area contributed by atoms with Gasteiger partial charge >= 0.3 is 0 Å². The maximum Gasteiger partial charge on any atom is 0.255 e. The molecule has 0 spiro atoms. The zero-order valence-electron chi connectivity index (χ0n) is 20.7. The van der Waals surface area contributed by atoms with Gasteiger partial charge in [-0.1, -0.05) is 31.5 Å². The van der Waals surface area contributed by atoms with Crippen molar-refractivity contribution in [3.8, 4) is 0 Å². The van der Waals surface area contributed by atoms with Crippen LogP contribution in [0.3, 0.4) is 0 Å². The summed E-state index contributed by atoms with van der Waals surface area (Å²) in [6.45, 7) is 12.9. The summed E-state index contributed by atoms with van der Waals surface area (Å²) in [6.07, 6.45) is 2.31. The zero-order valence-corrected chi connectivity index (χ0v) is 20.7. The second-order valence-electron chi connectivity index (χ2n) is 10.4. The molecule has 174 valence electrons. The molecule has 1 aliphatic rings. The van der Waals surface area contributed by atoms with Crippen LogP contribution < -0.4 is 15.5 Å². The minimum Gasteiger partial charge on any atom is -0.371 e. The monoisotopic (exact) mass is 436 g/mol. The summed E-state index contributed by atoms with van der Waals surface area (Å²) < 4.78 is 0. The van der Waals surface area contributed by atoms with E-state index >= 15 is 0 Å². The predicted molar refractivity (Wildman–Crippen MR) is 136 cm³/mol. The SMILES string of the molecule is Cc1ccc(C(=O)Nc2ccc(N3CCC(NCC(C)(C)CN(C)C)CC3)cc2)c(C)c1. The predicted octanol–water partition coefficient (Wildman–Crippen LogP) is 4.70. The minimum absolute atomic E-state index is 0.0562. The van der Waals surface area contributed by atoms with Crippen LogP contribution in [0.15, 0.2) is 42.5 Å². The Bertz CT molecular complexity index is 896. The average molecular weight is 437 g/mol. The summed E-state index contributed by atoms with van der Waals surface area (Å²) in [6, 6.07) is 14.7. The van der Waals surface area contributed by atoms with Crippen LogP contribution in [-0.2, 0) is 0 Å². The highest BCUT2D eigenvalue weighted by molar-refractivity contribution is 6.05. The summed E-state index contributed by atoms with van der Waals surface area (Å²) in [5.74, 6) is -0.0562. The molecule has 2 aromatic rings. The summed E-state index contributed by atoms with van der Waals surface area (Å²) in [5.41, 5.74) is 5.22. The van der Waals surface area contributed by atoms with Gasteiger partial charge in [-0.3, -0.25) is 4.79 Å². The number of nitrogens with one attached hydrogen (secondary N) is 2. The van der Waals surface area contributed by atoms with Gasteiger partial charge in [-0.05, 0) is 82.1 Å². The third kappa shape index (κ3) is 6.81. The first kappa shape index (κ1) is 24.3. The van der Waals surface area contributed by atoms with Crippen LogP contribution in [0.5, 0.6) is 0 Å². The number of hydrogen-bond acceptors (Lipinski definition) is 4. The smallest absolute Gasteiger partial charge is 0.255 e. The first-order chi connectivity index (χ1) is 15.1. The Morgan fingerprint density at radius 3 is 2.31 bits per heavy atom. The van der Waals surface area contributed by atoms with Crippen molar-refractivity contribution in [2.75, 3.05) is 50.5 Å². The molecule has 1 amide bonds. The number of carbonyl (C=O) groups is 1. The molecule has 0 unspecified atom stereocenters. The fourth-order valence-corrected chi connectivity index (χ4v) is 4.70. The van der Waals surface area contributed by atoms with Gasteiger partial charge in [0.25, 0.3) is 5.91 Å². The van der Waals surface area contributed by atoms with Crippen molar-refractivity contribution < 1.29 is 4.79 Å². The topological polar surface area (TPSA) is 47.6 Å². The quantitative estimate of drug-likeness (QED) is 0.630. The molecule has 0 radical (unpaired) electrons. The number of amides is 1. The van der Waals surface area contributed by atoms with Crippen LogP contribution in [0.1, 0.15) is 48.2 Å².